The Bertz CT molecular complexity index is 446. The SMILES string of the molecule is CC1CCCCCN1CC(O)c1ccc(C(N)=S)cc1. The van der Waals surface area contributed by atoms with Gasteiger partial charge in [0, 0.05) is 18.2 Å². The van der Waals surface area contributed by atoms with E-state index in [-0.39, 0.29) is 0 Å². The Morgan fingerprint density at radius 2 is 2.05 bits per heavy atom. The molecular formula is C16H24N2OS. The zero-order chi connectivity index (χ0) is 14.5. The molecule has 3 nitrogen and oxygen atoms in total. The van der Waals surface area contributed by atoms with Gasteiger partial charge in [-0.3, -0.25) is 4.90 Å². The number of aliphatic hydroxyl groups excluding tert-OH is 1. The third-order valence-electron chi connectivity index (χ3n) is 4.18. The number of benzene rings is 1. The maximum Gasteiger partial charge on any atom is 0.103 e. The normalized spacial score (nSPS) is 22.2. The lowest BCUT2D eigenvalue weighted by Gasteiger charge is -2.29. The fourth-order valence-electron chi connectivity index (χ4n) is 2.80. The standard InChI is InChI=1S/C16H24N2OS/c1-12-5-3-2-4-10-18(12)11-15(19)13-6-8-14(9-7-13)16(17)20/h6-9,12,15,19H,2-5,10-11H2,1H3,(H2,17,20). The summed E-state index contributed by atoms with van der Waals surface area (Å²) in [5.41, 5.74) is 7.36. The molecule has 0 amide bonds. The van der Waals surface area contributed by atoms with Crippen molar-refractivity contribution < 1.29 is 5.11 Å². The molecule has 4 heteroatoms. The summed E-state index contributed by atoms with van der Waals surface area (Å²) in [6, 6.07) is 8.16. The molecule has 1 aliphatic rings. The minimum absolute atomic E-state index is 0.396. The maximum atomic E-state index is 10.4. The van der Waals surface area contributed by atoms with Crippen LogP contribution in [0, 0.1) is 0 Å². The molecule has 1 aromatic carbocycles. The summed E-state index contributed by atoms with van der Waals surface area (Å²) in [5.74, 6) is 0. The Hall–Kier alpha value is -0.970. The highest BCUT2D eigenvalue weighted by atomic mass is 32.1. The van der Waals surface area contributed by atoms with E-state index in [0.29, 0.717) is 17.6 Å². The molecule has 1 aromatic rings. The van der Waals surface area contributed by atoms with E-state index in [2.05, 4.69) is 11.8 Å². The summed E-state index contributed by atoms with van der Waals surface area (Å²) < 4.78 is 0. The lowest BCUT2D eigenvalue weighted by molar-refractivity contribution is 0.0929. The molecule has 0 saturated carbocycles. The number of hydrogen-bond acceptors (Lipinski definition) is 3. The van der Waals surface area contributed by atoms with Gasteiger partial charge in [0.1, 0.15) is 4.99 Å². The van der Waals surface area contributed by atoms with Crippen LogP contribution < -0.4 is 5.73 Å². The quantitative estimate of drug-likeness (QED) is 0.838. The highest BCUT2D eigenvalue weighted by molar-refractivity contribution is 7.80. The first-order valence-electron chi connectivity index (χ1n) is 7.40. The molecule has 110 valence electrons. The second kappa shape index (κ2) is 7.16. The first kappa shape index (κ1) is 15.4. The second-order valence-electron chi connectivity index (χ2n) is 5.70. The summed E-state index contributed by atoms with van der Waals surface area (Å²) >= 11 is 4.94. The number of β-amino-alcohol motifs (C(OH)–C–C–N with tert-alkyl or cyclic N) is 1. The monoisotopic (exact) mass is 292 g/mol. The van der Waals surface area contributed by atoms with Gasteiger partial charge in [0.25, 0.3) is 0 Å². The Kier molecular flexibility index (Phi) is 5.52. The fourth-order valence-corrected chi connectivity index (χ4v) is 2.94. The summed E-state index contributed by atoms with van der Waals surface area (Å²) in [4.78, 5) is 2.80. The van der Waals surface area contributed by atoms with Crippen molar-refractivity contribution in [2.45, 2.75) is 44.8 Å². The lowest BCUT2D eigenvalue weighted by atomic mass is 10.1. The maximum absolute atomic E-state index is 10.4. The minimum atomic E-state index is -0.448. The van der Waals surface area contributed by atoms with E-state index >= 15 is 0 Å². The van der Waals surface area contributed by atoms with Crippen molar-refractivity contribution in [3.05, 3.63) is 35.4 Å². The van der Waals surface area contributed by atoms with E-state index in [1.807, 2.05) is 24.3 Å². The topological polar surface area (TPSA) is 49.5 Å². The molecule has 2 atom stereocenters. The van der Waals surface area contributed by atoms with E-state index in [0.717, 1.165) is 17.7 Å². The van der Waals surface area contributed by atoms with Crippen LogP contribution >= 0.6 is 12.2 Å². The number of nitrogens with zero attached hydrogens (tertiary/aromatic N) is 1. The molecule has 1 heterocycles. The molecule has 0 radical (unpaired) electrons. The number of nitrogens with two attached hydrogens (primary N) is 1. The van der Waals surface area contributed by atoms with Crippen LogP contribution in [0.1, 0.15) is 49.8 Å². The van der Waals surface area contributed by atoms with Crippen molar-refractivity contribution in [1.82, 2.24) is 4.90 Å². The first-order valence-corrected chi connectivity index (χ1v) is 7.80. The number of thiocarbonyl (C=S) groups is 1. The third-order valence-corrected chi connectivity index (χ3v) is 4.41. The Labute approximate surface area is 126 Å². The molecule has 2 rings (SSSR count). The highest BCUT2D eigenvalue weighted by Crippen LogP contribution is 2.21. The van der Waals surface area contributed by atoms with E-state index in [1.54, 1.807) is 0 Å². The van der Waals surface area contributed by atoms with Gasteiger partial charge in [-0.05, 0) is 31.9 Å². The van der Waals surface area contributed by atoms with Crippen LogP contribution in [-0.4, -0.2) is 34.1 Å². The van der Waals surface area contributed by atoms with Crippen molar-refractivity contribution >= 4 is 17.2 Å². The van der Waals surface area contributed by atoms with E-state index in [4.69, 9.17) is 18.0 Å². The van der Waals surface area contributed by atoms with Gasteiger partial charge in [-0.2, -0.15) is 0 Å². The molecule has 20 heavy (non-hydrogen) atoms. The Balaban J connectivity index is 1.99. The third kappa shape index (κ3) is 4.01. The van der Waals surface area contributed by atoms with Crippen LogP contribution in [0.5, 0.6) is 0 Å². The van der Waals surface area contributed by atoms with Gasteiger partial charge < -0.3 is 10.8 Å². The molecule has 3 N–H and O–H groups in total. The average Bonchev–Trinajstić information content (AvgIpc) is 2.64. The first-order chi connectivity index (χ1) is 9.58. The summed E-state index contributed by atoms with van der Waals surface area (Å²) in [7, 11) is 0. The average molecular weight is 292 g/mol. The van der Waals surface area contributed by atoms with Crippen molar-refractivity contribution in [2.75, 3.05) is 13.1 Å². The van der Waals surface area contributed by atoms with Crippen molar-refractivity contribution in [3.63, 3.8) is 0 Å². The van der Waals surface area contributed by atoms with Gasteiger partial charge in [-0.1, -0.05) is 49.3 Å². The number of likely N-dealkylation sites (tertiary alicyclic amines) is 1. The van der Waals surface area contributed by atoms with Gasteiger partial charge in [-0.25, -0.2) is 0 Å². The van der Waals surface area contributed by atoms with Gasteiger partial charge in [0.05, 0.1) is 6.10 Å². The molecule has 0 bridgehead atoms. The minimum Gasteiger partial charge on any atom is -0.389 e. The highest BCUT2D eigenvalue weighted by Gasteiger charge is 2.20. The lowest BCUT2D eigenvalue weighted by Crippen LogP contribution is -2.36. The van der Waals surface area contributed by atoms with Crippen LogP contribution in [-0.2, 0) is 0 Å². The predicted molar refractivity (Wildman–Crippen MR) is 86.8 cm³/mol. The largest absolute Gasteiger partial charge is 0.389 e. The van der Waals surface area contributed by atoms with E-state index < -0.39 is 6.10 Å². The molecule has 2 unspecified atom stereocenters. The molecule has 1 saturated heterocycles. The van der Waals surface area contributed by atoms with Crippen LogP contribution in [0.15, 0.2) is 24.3 Å². The fraction of sp³-hybridized carbons (Fsp3) is 0.562. The van der Waals surface area contributed by atoms with Gasteiger partial charge >= 0.3 is 0 Å². The predicted octanol–water partition coefficient (Wildman–Crippen LogP) is 2.62. The summed E-state index contributed by atoms with van der Waals surface area (Å²) in [6.07, 6.45) is 4.62. The molecule has 0 aliphatic carbocycles. The van der Waals surface area contributed by atoms with Crippen LogP contribution in [0.3, 0.4) is 0 Å². The van der Waals surface area contributed by atoms with Gasteiger partial charge in [0.2, 0.25) is 0 Å². The van der Waals surface area contributed by atoms with Crippen molar-refractivity contribution in [3.8, 4) is 0 Å². The van der Waals surface area contributed by atoms with Crippen LogP contribution in [0.25, 0.3) is 0 Å². The molecule has 1 fully saturated rings. The summed E-state index contributed by atoms with van der Waals surface area (Å²) in [5, 5.41) is 10.4. The van der Waals surface area contributed by atoms with Crippen molar-refractivity contribution in [2.24, 2.45) is 5.73 Å². The molecule has 1 aliphatic heterocycles. The molecule has 0 aromatic heterocycles. The smallest absolute Gasteiger partial charge is 0.103 e. The van der Waals surface area contributed by atoms with E-state index in [1.165, 1.54) is 25.7 Å². The number of rotatable bonds is 4. The van der Waals surface area contributed by atoms with Crippen LogP contribution in [0.2, 0.25) is 0 Å². The van der Waals surface area contributed by atoms with Crippen molar-refractivity contribution in [1.29, 1.82) is 0 Å². The second-order valence-corrected chi connectivity index (χ2v) is 6.14. The van der Waals surface area contributed by atoms with Gasteiger partial charge in [-0.15, -0.1) is 0 Å². The molecular weight excluding hydrogens is 268 g/mol. The number of aliphatic hydroxyl groups is 1. The van der Waals surface area contributed by atoms with Gasteiger partial charge in [0.15, 0.2) is 0 Å². The van der Waals surface area contributed by atoms with E-state index in [9.17, 15) is 5.11 Å². The van der Waals surface area contributed by atoms with Crippen LogP contribution in [0.4, 0.5) is 0 Å². The number of hydrogen-bond donors (Lipinski definition) is 2. The Morgan fingerprint density at radius 1 is 1.35 bits per heavy atom. The molecule has 0 spiro atoms. The zero-order valence-electron chi connectivity index (χ0n) is 12.1. The summed E-state index contributed by atoms with van der Waals surface area (Å²) in [6.45, 7) is 4.05. The Morgan fingerprint density at radius 3 is 2.70 bits per heavy atom. The zero-order valence-corrected chi connectivity index (χ0v) is 12.9.